The van der Waals surface area contributed by atoms with Crippen LogP contribution in [0.3, 0.4) is 0 Å². The Balaban J connectivity index is 2.33. The number of benzene rings is 1. The molecule has 2 aromatic rings. The molecule has 0 atom stereocenters. The second kappa shape index (κ2) is 5.40. The van der Waals surface area contributed by atoms with E-state index in [-0.39, 0.29) is 6.42 Å². The summed E-state index contributed by atoms with van der Waals surface area (Å²) in [4.78, 5) is 8.62. The molecule has 0 aliphatic carbocycles. The molecule has 5 heteroatoms. The van der Waals surface area contributed by atoms with Crippen molar-refractivity contribution in [3.63, 3.8) is 0 Å². The molecule has 0 spiro atoms. The molecule has 1 aromatic heterocycles. The zero-order chi connectivity index (χ0) is 14.0. The van der Waals surface area contributed by atoms with Crippen LogP contribution < -0.4 is 5.73 Å². The lowest BCUT2D eigenvalue weighted by molar-refractivity contribution is 0.573. The minimum atomic E-state index is -0.590. The third kappa shape index (κ3) is 2.93. The summed E-state index contributed by atoms with van der Waals surface area (Å²) >= 11 is 0. The van der Waals surface area contributed by atoms with E-state index >= 15 is 0 Å². The van der Waals surface area contributed by atoms with Gasteiger partial charge in [-0.25, -0.2) is 18.7 Å². The fraction of sp³-hybridized carbons (Fsp3) is 0.286. The van der Waals surface area contributed by atoms with Gasteiger partial charge in [0, 0.05) is 36.0 Å². The average Bonchev–Trinajstić information content (AvgIpc) is 2.32. The molecule has 0 aliphatic heterocycles. The molecule has 19 heavy (non-hydrogen) atoms. The summed E-state index contributed by atoms with van der Waals surface area (Å²) in [5.74, 6) is -0.660. The molecule has 1 heterocycles. The molecular weight excluding hydrogens is 248 g/mol. The largest absolute Gasteiger partial charge is 0.326 e. The Morgan fingerprint density at radius 2 is 1.74 bits per heavy atom. The number of aromatic nitrogens is 2. The maximum Gasteiger partial charge on any atom is 0.133 e. The van der Waals surface area contributed by atoms with E-state index in [1.807, 2.05) is 13.8 Å². The van der Waals surface area contributed by atoms with Crippen LogP contribution in [-0.2, 0) is 13.0 Å². The molecule has 0 saturated carbocycles. The summed E-state index contributed by atoms with van der Waals surface area (Å²) in [6.07, 6.45) is 0.235. The maximum atomic E-state index is 13.6. The fourth-order valence-electron chi connectivity index (χ4n) is 2.02. The monoisotopic (exact) mass is 263 g/mol. The van der Waals surface area contributed by atoms with E-state index in [4.69, 9.17) is 5.73 Å². The minimum absolute atomic E-state index is 0.235. The normalized spacial score (nSPS) is 10.8. The zero-order valence-electron chi connectivity index (χ0n) is 10.9. The number of aryl methyl sites for hydroxylation is 2. The molecule has 2 N–H and O–H groups in total. The molecule has 0 bridgehead atoms. The van der Waals surface area contributed by atoms with Gasteiger partial charge in [-0.05, 0) is 25.5 Å². The van der Waals surface area contributed by atoms with Crippen LogP contribution in [0.4, 0.5) is 8.78 Å². The molecule has 0 unspecified atom stereocenters. The third-order valence-electron chi connectivity index (χ3n) is 3.03. The minimum Gasteiger partial charge on any atom is -0.326 e. The van der Waals surface area contributed by atoms with Crippen molar-refractivity contribution in [3.05, 3.63) is 58.2 Å². The van der Waals surface area contributed by atoms with Crippen LogP contribution in [0.2, 0.25) is 0 Å². The first-order valence-electron chi connectivity index (χ1n) is 5.98. The standard InChI is InChI=1S/C14H15F2N3/c1-8-12(7-17)9(2)19-14(18-8)5-10-3-4-11(15)6-13(10)16/h3-4,6H,5,7,17H2,1-2H3. The summed E-state index contributed by atoms with van der Waals surface area (Å²) in [5, 5.41) is 0. The number of rotatable bonds is 3. The third-order valence-corrected chi connectivity index (χ3v) is 3.03. The van der Waals surface area contributed by atoms with Crippen LogP contribution in [-0.4, -0.2) is 9.97 Å². The number of halogens is 2. The lowest BCUT2D eigenvalue weighted by Crippen LogP contribution is -2.09. The molecule has 0 saturated heterocycles. The first-order valence-corrected chi connectivity index (χ1v) is 5.98. The van der Waals surface area contributed by atoms with Crippen LogP contribution in [0.1, 0.15) is 28.3 Å². The zero-order valence-corrected chi connectivity index (χ0v) is 10.9. The van der Waals surface area contributed by atoms with Gasteiger partial charge >= 0.3 is 0 Å². The lowest BCUT2D eigenvalue weighted by atomic mass is 10.1. The SMILES string of the molecule is Cc1nc(Cc2ccc(F)cc2F)nc(C)c1CN. The second-order valence-electron chi connectivity index (χ2n) is 4.41. The van der Waals surface area contributed by atoms with Crippen molar-refractivity contribution in [3.8, 4) is 0 Å². The first-order chi connectivity index (χ1) is 9.01. The average molecular weight is 263 g/mol. The molecule has 0 radical (unpaired) electrons. The van der Waals surface area contributed by atoms with Gasteiger partial charge < -0.3 is 5.73 Å². The highest BCUT2D eigenvalue weighted by atomic mass is 19.1. The van der Waals surface area contributed by atoms with Crippen molar-refractivity contribution in [2.45, 2.75) is 26.8 Å². The van der Waals surface area contributed by atoms with Gasteiger partial charge in [-0.15, -0.1) is 0 Å². The van der Waals surface area contributed by atoms with E-state index in [9.17, 15) is 8.78 Å². The molecule has 3 nitrogen and oxygen atoms in total. The number of nitrogens with zero attached hydrogens (tertiary/aromatic N) is 2. The van der Waals surface area contributed by atoms with E-state index in [0.717, 1.165) is 23.0 Å². The van der Waals surface area contributed by atoms with Gasteiger partial charge in [-0.3, -0.25) is 0 Å². The van der Waals surface area contributed by atoms with E-state index in [1.54, 1.807) is 0 Å². The Morgan fingerprint density at radius 1 is 1.11 bits per heavy atom. The van der Waals surface area contributed by atoms with Crippen LogP contribution in [0, 0.1) is 25.5 Å². The predicted molar refractivity (Wildman–Crippen MR) is 68.6 cm³/mol. The van der Waals surface area contributed by atoms with Crippen molar-refractivity contribution in [2.75, 3.05) is 0 Å². The number of hydrogen-bond donors (Lipinski definition) is 1. The lowest BCUT2D eigenvalue weighted by Gasteiger charge is -2.09. The Bertz CT molecular complexity index is 589. The summed E-state index contributed by atoms with van der Waals surface area (Å²) < 4.78 is 26.4. The van der Waals surface area contributed by atoms with Crippen molar-refractivity contribution < 1.29 is 8.78 Å². The quantitative estimate of drug-likeness (QED) is 0.925. The van der Waals surface area contributed by atoms with Gasteiger partial charge in [-0.1, -0.05) is 6.07 Å². The molecule has 2 rings (SSSR count). The van der Waals surface area contributed by atoms with Gasteiger partial charge in [0.25, 0.3) is 0 Å². The topological polar surface area (TPSA) is 51.8 Å². The summed E-state index contributed by atoms with van der Waals surface area (Å²) in [5.41, 5.74) is 8.49. The summed E-state index contributed by atoms with van der Waals surface area (Å²) in [6.45, 7) is 4.08. The van der Waals surface area contributed by atoms with Gasteiger partial charge in [-0.2, -0.15) is 0 Å². The van der Waals surface area contributed by atoms with Crippen LogP contribution in [0.15, 0.2) is 18.2 Å². The fourth-order valence-corrected chi connectivity index (χ4v) is 2.02. The maximum absolute atomic E-state index is 13.6. The Kier molecular flexibility index (Phi) is 3.85. The smallest absolute Gasteiger partial charge is 0.133 e. The first kappa shape index (κ1) is 13.5. The van der Waals surface area contributed by atoms with E-state index in [0.29, 0.717) is 17.9 Å². The summed E-state index contributed by atoms with van der Waals surface area (Å²) in [6, 6.07) is 3.51. The van der Waals surface area contributed by atoms with Gasteiger partial charge in [0.1, 0.15) is 17.5 Å². The molecule has 1 aromatic carbocycles. The molecular formula is C14H15F2N3. The highest BCUT2D eigenvalue weighted by molar-refractivity contribution is 5.27. The van der Waals surface area contributed by atoms with E-state index in [1.165, 1.54) is 12.1 Å². The van der Waals surface area contributed by atoms with Crippen LogP contribution >= 0.6 is 0 Å². The molecule has 0 aliphatic rings. The molecule has 0 fully saturated rings. The van der Waals surface area contributed by atoms with Crippen LogP contribution in [0.5, 0.6) is 0 Å². The van der Waals surface area contributed by atoms with Crippen LogP contribution in [0.25, 0.3) is 0 Å². The Morgan fingerprint density at radius 3 is 2.26 bits per heavy atom. The highest BCUT2D eigenvalue weighted by Gasteiger charge is 2.10. The predicted octanol–water partition coefficient (Wildman–Crippen LogP) is 2.42. The highest BCUT2D eigenvalue weighted by Crippen LogP contribution is 2.15. The Hall–Kier alpha value is -1.88. The molecule has 0 amide bonds. The van der Waals surface area contributed by atoms with Crippen molar-refractivity contribution in [1.29, 1.82) is 0 Å². The van der Waals surface area contributed by atoms with E-state index < -0.39 is 11.6 Å². The van der Waals surface area contributed by atoms with Gasteiger partial charge in [0.05, 0.1) is 0 Å². The van der Waals surface area contributed by atoms with Crippen molar-refractivity contribution in [1.82, 2.24) is 9.97 Å². The van der Waals surface area contributed by atoms with Crippen molar-refractivity contribution in [2.24, 2.45) is 5.73 Å². The van der Waals surface area contributed by atoms with Crippen molar-refractivity contribution >= 4 is 0 Å². The van der Waals surface area contributed by atoms with Gasteiger partial charge in [0.2, 0.25) is 0 Å². The number of nitrogens with two attached hydrogens (primary N) is 1. The second-order valence-corrected chi connectivity index (χ2v) is 4.41. The number of hydrogen-bond acceptors (Lipinski definition) is 3. The molecule has 100 valence electrons. The van der Waals surface area contributed by atoms with E-state index in [2.05, 4.69) is 9.97 Å². The summed E-state index contributed by atoms with van der Waals surface area (Å²) in [7, 11) is 0. The Labute approximate surface area is 110 Å². The van der Waals surface area contributed by atoms with Gasteiger partial charge in [0.15, 0.2) is 0 Å².